The van der Waals surface area contributed by atoms with Crippen LogP contribution in [0.4, 0.5) is 25.2 Å². The van der Waals surface area contributed by atoms with Crippen LogP contribution in [0.2, 0.25) is 0 Å². The monoisotopic (exact) mass is 522 g/mol. The van der Waals surface area contributed by atoms with Crippen molar-refractivity contribution in [3.63, 3.8) is 0 Å². The number of rotatable bonds is 4. The molecule has 188 valence electrons. The molecule has 0 aromatic carbocycles. The Morgan fingerprint density at radius 1 is 0.818 bits per heavy atom. The number of pyridine rings is 1. The predicted octanol–water partition coefficient (Wildman–Crippen LogP) is 5.12. The number of halogens is 6. The van der Waals surface area contributed by atoms with Gasteiger partial charge < -0.3 is 5.21 Å². The van der Waals surface area contributed by atoms with Gasteiger partial charge in [0.25, 0.3) is 7.71 Å². The molecule has 2 aromatic heterocycles. The summed E-state index contributed by atoms with van der Waals surface area (Å²) in [6.07, 6.45) is 7.59. The van der Waals surface area contributed by atoms with Crippen molar-refractivity contribution in [2.75, 3.05) is 39.3 Å². The Bertz CT molecular complexity index is 987. The van der Waals surface area contributed by atoms with Crippen LogP contribution in [-0.4, -0.2) is 78.6 Å². The van der Waals surface area contributed by atoms with E-state index in [1.54, 1.807) is 0 Å². The van der Waals surface area contributed by atoms with Crippen LogP contribution in [0.5, 0.6) is 0 Å². The fraction of sp³-hybridized carbons (Fsp3) is 0.706. The number of nitrogens with zero attached hydrogens (tertiary/aromatic N) is 7. The summed E-state index contributed by atoms with van der Waals surface area (Å²) < 4.78 is 76.0. The van der Waals surface area contributed by atoms with Crippen LogP contribution < -0.4 is 5.30 Å². The van der Waals surface area contributed by atoms with Crippen LogP contribution in [0.1, 0.15) is 39.9 Å². The van der Waals surface area contributed by atoms with Gasteiger partial charge in [-0.05, 0) is 43.7 Å². The fourth-order valence-corrected chi connectivity index (χ4v) is 9.82. The quantitative estimate of drug-likeness (QED) is 0.340. The zero-order chi connectivity index (χ0) is 24.8. The van der Waals surface area contributed by atoms with Crippen molar-refractivity contribution in [1.29, 1.82) is 0 Å². The molecule has 0 saturated carbocycles. The first-order valence-electron chi connectivity index (χ1n) is 11.3. The van der Waals surface area contributed by atoms with E-state index in [1.165, 1.54) is 38.5 Å². The van der Waals surface area contributed by atoms with Gasteiger partial charge >= 0.3 is 33.0 Å². The zero-order valence-corrected chi connectivity index (χ0v) is 19.6. The Balaban J connectivity index is 0.000000344. The molecular formula is C17H27F6N7OP2. The van der Waals surface area contributed by atoms with Gasteiger partial charge in [0.1, 0.15) is 5.52 Å². The van der Waals surface area contributed by atoms with Crippen LogP contribution in [0, 0.1) is 0 Å². The average Bonchev–Trinajstić information content (AvgIpc) is 3.51. The van der Waals surface area contributed by atoms with Crippen LogP contribution in [-0.2, 0) is 0 Å². The molecule has 3 fully saturated rings. The van der Waals surface area contributed by atoms with Gasteiger partial charge in [0, 0.05) is 45.3 Å². The first kappa shape index (κ1) is 23.4. The van der Waals surface area contributed by atoms with Crippen molar-refractivity contribution in [1.82, 2.24) is 34.2 Å². The van der Waals surface area contributed by atoms with Gasteiger partial charge in [-0.15, -0.1) is 19.1 Å². The number of aromatic nitrogens is 4. The average molecular weight is 522 g/mol. The van der Waals surface area contributed by atoms with Gasteiger partial charge in [-0.3, -0.25) is 0 Å². The van der Waals surface area contributed by atoms with Crippen molar-refractivity contribution in [3.05, 3.63) is 12.2 Å². The molecule has 5 heterocycles. The number of hydrogen-bond donors (Lipinski definition) is 1. The minimum absolute atomic E-state index is 0.263. The van der Waals surface area contributed by atoms with Crippen molar-refractivity contribution < 1.29 is 31.8 Å². The molecule has 2 aromatic rings. The predicted molar refractivity (Wildman–Crippen MR) is 115 cm³/mol. The van der Waals surface area contributed by atoms with Gasteiger partial charge in [-0.2, -0.15) is 0 Å². The number of hydrogen-bond acceptors (Lipinski definition) is 7. The molecule has 0 radical (unpaired) electrons. The molecule has 5 rings (SSSR count). The standard InChI is InChI=1S/C17H27N7OP.F6P/c25-24-17-16(19-20-24)13-15(14-18-17)26(21-7-1-2-8-21,22-9-3-4-10-22)23-11-5-6-12-23;1-7(2,3,4,5)6/h13-14,25H,1-12H2;/q+1;-1/i14D;. The summed E-state index contributed by atoms with van der Waals surface area (Å²) in [5.41, 5.74) is 0.844. The minimum Gasteiger partial charge on any atom is -0.409 e. The molecule has 0 atom stereocenters. The van der Waals surface area contributed by atoms with Crippen molar-refractivity contribution in [3.8, 4) is 0 Å². The topological polar surface area (TPSA) is 73.6 Å². The Morgan fingerprint density at radius 3 is 1.61 bits per heavy atom. The second-order valence-electron chi connectivity index (χ2n) is 8.45. The summed E-state index contributed by atoms with van der Waals surface area (Å²) in [4.78, 5) is 5.10. The smallest absolute Gasteiger partial charge is 0.263 e. The second-order valence-corrected chi connectivity index (χ2v) is 13.7. The first-order chi connectivity index (χ1) is 15.7. The van der Waals surface area contributed by atoms with Crippen LogP contribution in [0.15, 0.2) is 12.2 Å². The van der Waals surface area contributed by atoms with Gasteiger partial charge in [0.05, 0.1) is 7.54 Å². The molecule has 3 saturated heterocycles. The largest absolute Gasteiger partial charge is 0.409 e. The third-order valence-electron chi connectivity index (χ3n) is 5.96. The molecule has 8 nitrogen and oxygen atoms in total. The summed E-state index contributed by atoms with van der Waals surface area (Å²) in [5.74, 6) is 0. The SMILES string of the molecule is F[P-](F)(F)(F)(F)F.[2H]c1nc2c(cc1[P+](N1CCCC1)(N1CCCC1)N1CCCC1)nnn2O. The molecule has 16 heteroatoms. The Morgan fingerprint density at radius 2 is 1.21 bits per heavy atom. The summed E-state index contributed by atoms with van der Waals surface area (Å²) in [6.45, 7) is 6.53. The van der Waals surface area contributed by atoms with E-state index in [2.05, 4.69) is 29.3 Å². The maximum Gasteiger partial charge on any atom is 0.263 e. The van der Waals surface area contributed by atoms with Crippen molar-refractivity contribution in [2.45, 2.75) is 38.5 Å². The van der Waals surface area contributed by atoms with Crippen molar-refractivity contribution in [2.24, 2.45) is 0 Å². The maximum absolute atomic E-state index is 10.7. The Kier molecular flexibility index (Phi) is 5.76. The van der Waals surface area contributed by atoms with Crippen LogP contribution in [0.25, 0.3) is 11.2 Å². The zero-order valence-electron chi connectivity index (χ0n) is 18.8. The summed E-state index contributed by atoms with van der Waals surface area (Å²) in [7, 11) is -12.7. The maximum atomic E-state index is 9.87. The normalized spacial score (nSPS) is 23.9. The van der Waals surface area contributed by atoms with E-state index in [4.69, 9.17) is 1.37 Å². The molecule has 0 unspecified atom stereocenters. The molecule has 0 amide bonds. The summed E-state index contributed by atoms with van der Waals surface area (Å²) >= 11 is 0. The molecular weight excluding hydrogens is 494 g/mol. The molecule has 0 bridgehead atoms. The van der Waals surface area contributed by atoms with Gasteiger partial charge in [-0.25, -0.2) is 4.98 Å². The Hall–Kier alpha value is -1.33. The van der Waals surface area contributed by atoms with Gasteiger partial charge in [0.15, 0.2) is 5.30 Å². The van der Waals surface area contributed by atoms with E-state index in [0.717, 1.165) is 44.6 Å². The molecule has 3 aliphatic heterocycles. The van der Waals surface area contributed by atoms with E-state index in [1.807, 2.05) is 6.07 Å². The van der Waals surface area contributed by atoms with E-state index in [9.17, 15) is 30.4 Å². The van der Waals surface area contributed by atoms with Crippen molar-refractivity contribution >= 4 is 32.0 Å². The van der Waals surface area contributed by atoms with E-state index < -0.39 is 15.5 Å². The number of fused-ring (bicyclic) bond motifs is 1. The van der Waals surface area contributed by atoms with Crippen LogP contribution in [0.3, 0.4) is 0 Å². The van der Waals surface area contributed by atoms with E-state index >= 15 is 0 Å². The minimum atomic E-state index is -10.7. The third-order valence-corrected chi connectivity index (χ3v) is 10.4. The molecule has 3 aliphatic rings. The van der Waals surface area contributed by atoms with Gasteiger partial charge in [-0.1, -0.05) is 4.85 Å². The summed E-state index contributed by atoms with van der Waals surface area (Å²) in [6, 6.07) is 1.99. The Labute approximate surface area is 188 Å². The fourth-order valence-electron chi connectivity index (χ4n) is 4.83. The summed E-state index contributed by atoms with van der Waals surface area (Å²) in [5, 5.41) is 18.6. The van der Waals surface area contributed by atoms with E-state index in [0.29, 0.717) is 10.4 Å². The second kappa shape index (κ2) is 8.12. The molecule has 0 spiro atoms. The third kappa shape index (κ3) is 5.85. The molecule has 1 N–H and O–H groups in total. The van der Waals surface area contributed by atoms with Gasteiger partial charge in [0.2, 0.25) is 5.65 Å². The molecule has 0 aliphatic carbocycles. The first-order valence-corrected chi connectivity index (χ1v) is 14.5. The molecule has 33 heavy (non-hydrogen) atoms. The van der Waals surface area contributed by atoms with E-state index in [-0.39, 0.29) is 11.8 Å². The van der Waals surface area contributed by atoms with Crippen LogP contribution >= 0.6 is 15.5 Å².